The average molecular weight is 201 g/mol. The Kier molecular flexibility index (Phi) is 9.35. The summed E-state index contributed by atoms with van der Waals surface area (Å²) in [6, 6.07) is 0.335. The van der Waals surface area contributed by atoms with Gasteiger partial charge in [0.1, 0.15) is 0 Å². The lowest BCUT2D eigenvalue weighted by Crippen LogP contribution is -2.31. The Morgan fingerprint density at radius 2 is 1.64 bits per heavy atom. The van der Waals surface area contributed by atoms with Gasteiger partial charge < -0.3 is 17.2 Å². The van der Waals surface area contributed by atoms with Crippen LogP contribution in [0.3, 0.4) is 0 Å². The zero-order chi connectivity index (χ0) is 10.8. The van der Waals surface area contributed by atoms with Crippen LogP contribution < -0.4 is 17.2 Å². The van der Waals surface area contributed by atoms with Crippen LogP contribution in [0.2, 0.25) is 0 Å². The van der Waals surface area contributed by atoms with E-state index in [0.717, 1.165) is 32.4 Å². The molecule has 3 nitrogen and oxygen atoms in total. The summed E-state index contributed by atoms with van der Waals surface area (Å²) < 4.78 is 0. The molecule has 0 saturated heterocycles. The van der Waals surface area contributed by atoms with Crippen molar-refractivity contribution in [2.75, 3.05) is 13.1 Å². The Bertz CT molecular complexity index is 117. The predicted octanol–water partition coefficient (Wildman–Crippen LogP) is 1.21. The summed E-state index contributed by atoms with van der Waals surface area (Å²) >= 11 is 0. The minimum absolute atomic E-state index is 0.335. The third-order valence-corrected chi connectivity index (χ3v) is 2.79. The highest BCUT2D eigenvalue weighted by Crippen LogP contribution is 2.18. The summed E-state index contributed by atoms with van der Waals surface area (Å²) in [5.74, 6) is 0.603. The molecular weight excluding hydrogens is 174 g/mol. The maximum absolute atomic E-state index is 6.11. The van der Waals surface area contributed by atoms with Gasteiger partial charge in [0, 0.05) is 6.04 Å². The largest absolute Gasteiger partial charge is 0.330 e. The van der Waals surface area contributed by atoms with Crippen molar-refractivity contribution in [3.05, 3.63) is 0 Å². The first kappa shape index (κ1) is 13.9. The molecule has 0 spiro atoms. The number of hydrogen-bond acceptors (Lipinski definition) is 3. The van der Waals surface area contributed by atoms with Crippen molar-refractivity contribution in [2.24, 2.45) is 23.1 Å². The maximum atomic E-state index is 6.11. The number of rotatable bonds is 9. The van der Waals surface area contributed by atoms with Gasteiger partial charge in [-0.25, -0.2) is 0 Å². The molecule has 14 heavy (non-hydrogen) atoms. The van der Waals surface area contributed by atoms with E-state index in [-0.39, 0.29) is 0 Å². The number of unbranched alkanes of at least 4 members (excludes halogenated alkanes) is 1. The molecule has 0 radical (unpaired) electrons. The summed E-state index contributed by atoms with van der Waals surface area (Å²) in [6.45, 7) is 3.72. The van der Waals surface area contributed by atoms with Crippen molar-refractivity contribution in [2.45, 2.75) is 51.5 Å². The van der Waals surface area contributed by atoms with Crippen molar-refractivity contribution < 1.29 is 0 Å². The van der Waals surface area contributed by atoms with Gasteiger partial charge in [0.05, 0.1) is 0 Å². The molecule has 0 heterocycles. The number of nitrogens with two attached hydrogens (primary N) is 3. The van der Waals surface area contributed by atoms with Crippen molar-refractivity contribution in [1.82, 2.24) is 0 Å². The molecule has 0 saturated carbocycles. The average Bonchev–Trinajstić information content (AvgIpc) is 2.17. The van der Waals surface area contributed by atoms with Gasteiger partial charge in [0.25, 0.3) is 0 Å². The van der Waals surface area contributed by atoms with E-state index >= 15 is 0 Å². The van der Waals surface area contributed by atoms with E-state index in [1.54, 1.807) is 0 Å². The first-order valence-electron chi connectivity index (χ1n) is 5.92. The molecule has 0 aliphatic heterocycles. The minimum Gasteiger partial charge on any atom is -0.330 e. The molecule has 0 fully saturated rings. The number of hydrogen-bond donors (Lipinski definition) is 3. The van der Waals surface area contributed by atoms with Gasteiger partial charge >= 0.3 is 0 Å². The Morgan fingerprint density at radius 1 is 0.929 bits per heavy atom. The van der Waals surface area contributed by atoms with Crippen LogP contribution in [0.15, 0.2) is 0 Å². The Morgan fingerprint density at radius 3 is 2.14 bits per heavy atom. The Balaban J connectivity index is 3.74. The fourth-order valence-corrected chi connectivity index (χ4v) is 1.91. The van der Waals surface area contributed by atoms with Crippen molar-refractivity contribution in [1.29, 1.82) is 0 Å². The quantitative estimate of drug-likeness (QED) is 0.491. The van der Waals surface area contributed by atoms with Crippen LogP contribution >= 0.6 is 0 Å². The zero-order valence-corrected chi connectivity index (χ0v) is 9.54. The van der Waals surface area contributed by atoms with Crippen molar-refractivity contribution in [3.63, 3.8) is 0 Å². The van der Waals surface area contributed by atoms with E-state index < -0.39 is 0 Å². The van der Waals surface area contributed by atoms with E-state index in [9.17, 15) is 0 Å². The molecule has 0 aromatic carbocycles. The topological polar surface area (TPSA) is 78.1 Å². The van der Waals surface area contributed by atoms with Gasteiger partial charge in [-0.1, -0.05) is 19.8 Å². The van der Waals surface area contributed by atoms with Gasteiger partial charge in [0.2, 0.25) is 0 Å². The molecule has 6 N–H and O–H groups in total. The summed E-state index contributed by atoms with van der Waals surface area (Å²) in [6.07, 6.45) is 6.84. The van der Waals surface area contributed by atoms with Crippen LogP contribution in [0.1, 0.15) is 45.4 Å². The Labute approximate surface area is 88.4 Å². The first-order chi connectivity index (χ1) is 6.76. The third-order valence-electron chi connectivity index (χ3n) is 2.79. The van der Waals surface area contributed by atoms with E-state index in [0.29, 0.717) is 12.0 Å². The van der Waals surface area contributed by atoms with Crippen LogP contribution in [-0.4, -0.2) is 19.1 Å². The Hall–Kier alpha value is -0.120. The molecule has 0 rings (SSSR count). The summed E-state index contributed by atoms with van der Waals surface area (Å²) in [4.78, 5) is 0. The standard InChI is InChI=1S/C11H27N3/c1-2-5-11(14)10(7-9-13)6-3-4-8-12/h10-11H,2-9,12-14H2,1H3. The maximum Gasteiger partial charge on any atom is 0.00675 e. The first-order valence-corrected chi connectivity index (χ1v) is 5.92. The fourth-order valence-electron chi connectivity index (χ4n) is 1.91. The lowest BCUT2D eigenvalue weighted by Gasteiger charge is -2.23. The highest BCUT2D eigenvalue weighted by atomic mass is 14.7. The van der Waals surface area contributed by atoms with Gasteiger partial charge in [-0.15, -0.1) is 0 Å². The van der Waals surface area contributed by atoms with Crippen LogP contribution in [0, 0.1) is 5.92 Å². The lowest BCUT2D eigenvalue weighted by molar-refractivity contribution is 0.345. The third kappa shape index (κ3) is 6.35. The second-order valence-electron chi connectivity index (χ2n) is 4.07. The van der Waals surface area contributed by atoms with E-state index in [4.69, 9.17) is 17.2 Å². The predicted molar refractivity (Wildman–Crippen MR) is 63.0 cm³/mol. The molecule has 2 atom stereocenters. The molecule has 2 unspecified atom stereocenters. The summed E-state index contributed by atoms with van der Waals surface area (Å²) in [7, 11) is 0. The molecule has 0 aliphatic carbocycles. The highest BCUT2D eigenvalue weighted by Gasteiger charge is 2.15. The van der Waals surface area contributed by atoms with Crippen LogP contribution in [0.4, 0.5) is 0 Å². The molecule has 86 valence electrons. The molecule has 0 aromatic heterocycles. The van der Waals surface area contributed by atoms with Crippen LogP contribution in [0.5, 0.6) is 0 Å². The minimum atomic E-state index is 0.335. The summed E-state index contributed by atoms with van der Waals surface area (Å²) in [5, 5.41) is 0. The van der Waals surface area contributed by atoms with Crippen LogP contribution in [-0.2, 0) is 0 Å². The van der Waals surface area contributed by atoms with Gasteiger partial charge in [-0.05, 0) is 44.7 Å². The normalized spacial score (nSPS) is 15.4. The van der Waals surface area contributed by atoms with Crippen molar-refractivity contribution >= 4 is 0 Å². The summed E-state index contributed by atoms with van der Waals surface area (Å²) in [5.41, 5.74) is 17.2. The van der Waals surface area contributed by atoms with E-state index in [2.05, 4.69) is 6.92 Å². The second kappa shape index (κ2) is 9.44. The molecule has 0 aromatic rings. The van der Waals surface area contributed by atoms with Gasteiger partial charge in [-0.3, -0.25) is 0 Å². The zero-order valence-electron chi connectivity index (χ0n) is 9.54. The molecule has 0 aliphatic rings. The molecule has 0 amide bonds. The smallest absolute Gasteiger partial charge is 0.00675 e. The van der Waals surface area contributed by atoms with E-state index in [1.165, 1.54) is 19.3 Å². The molecule has 0 bridgehead atoms. The monoisotopic (exact) mass is 201 g/mol. The lowest BCUT2D eigenvalue weighted by atomic mass is 9.89. The fraction of sp³-hybridized carbons (Fsp3) is 1.00. The molecular formula is C11H27N3. The highest BCUT2D eigenvalue weighted by molar-refractivity contribution is 4.73. The van der Waals surface area contributed by atoms with Gasteiger partial charge in [0.15, 0.2) is 0 Å². The second-order valence-corrected chi connectivity index (χ2v) is 4.07. The van der Waals surface area contributed by atoms with Crippen molar-refractivity contribution in [3.8, 4) is 0 Å². The van der Waals surface area contributed by atoms with Crippen LogP contribution in [0.25, 0.3) is 0 Å². The van der Waals surface area contributed by atoms with E-state index in [1.807, 2.05) is 0 Å². The SMILES string of the molecule is CCCC(N)C(CCN)CCCCN. The van der Waals surface area contributed by atoms with Gasteiger partial charge in [-0.2, -0.15) is 0 Å². The molecule has 3 heteroatoms.